The number of likely N-dealkylation sites (tertiary alicyclic amines) is 1. The normalized spacial score (nSPS) is 15.4. The van der Waals surface area contributed by atoms with Crippen LogP contribution >= 0.6 is 0 Å². The van der Waals surface area contributed by atoms with Gasteiger partial charge in [-0.3, -0.25) is 4.79 Å². The Kier molecular flexibility index (Phi) is 5.16. The molecule has 0 aliphatic carbocycles. The van der Waals surface area contributed by atoms with Crippen molar-refractivity contribution in [3.63, 3.8) is 0 Å². The van der Waals surface area contributed by atoms with Crippen molar-refractivity contribution < 1.29 is 14.3 Å². The molecule has 2 aromatic rings. The predicted octanol–water partition coefficient (Wildman–Crippen LogP) is 1.80. The first kappa shape index (κ1) is 17.2. The lowest BCUT2D eigenvalue weighted by atomic mass is 10.0. The molecule has 25 heavy (non-hydrogen) atoms. The summed E-state index contributed by atoms with van der Waals surface area (Å²) in [6, 6.07) is 5.48. The van der Waals surface area contributed by atoms with E-state index >= 15 is 0 Å². The molecule has 0 saturated carbocycles. The molecule has 0 atom stereocenters. The first-order valence-corrected chi connectivity index (χ1v) is 8.68. The summed E-state index contributed by atoms with van der Waals surface area (Å²) in [4.78, 5) is 25.9. The van der Waals surface area contributed by atoms with E-state index in [4.69, 9.17) is 4.74 Å². The van der Waals surface area contributed by atoms with Crippen molar-refractivity contribution in [1.82, 2.24) is 25.2 Å². The summed E-state index contributed by atoms with van der Waals surface area (Å²) in [5.41, 5.74) is 2.21. The van der Waals surface area contributed by atoms with Crippen LogP contribution in [0.15, 0.2) is 18.2 Å². The lowest BCUT2D eigenvalue weighted by Crippen LogP contribution is -2.46. The zero-order valence-corrected chi connectivity index (χ0v) is 14.6. The molecule has 0 bridgehead atoms. The van der Waals surface area contributed by atoms with Gasteiger partial charge in [0, 0.05) is 31.2 Å². The summed E-state index contributed by atoms with van der Waals surface area (Å²) >= 11 is 0. The molecule has 1 aromatic carbocycles. The fraction of sp³-hybridized carbons (Fsp3) is 0.529. The number of carbonyl (C=O) groups excluding carboxylic acids is 2. The number of aromatic nitrogens is 3. The van der Waals surface area contributed by atoms with Crippen LogP contribution in [0.25, 0.3) is 11.0 Å². The number of nitrogens with one attached hydrogen (secondary N) is 1. The number of amides is 2. The molecule has 8 nitrogen and oxygen atoms in total. The molecule has 0 spiro atoms. The van der Waals surface area contributed by atoms with E-state index in [0.717, 1.165) is 24.9 Å². The van der Waals surface area contributed by atoms with Crippen LogP contribution in [-0.2, 0) is 11.3 Å². The Morgan fingerprint density at radius 2 is 2.04 bits per heavy atom. The minimum atomic E-state index is -0.281. The average Bonchev–Trinajstić information content (AvgIpc) is 3.04. The van der Waals surface area contributed by atoms with Gasteiger partial charge in [-0.15, -0.1) is 5.10 Å². The highest BCUT2D eigenvalue weighted by Crippen LogP contribution is 2.15. The molecule has 1 fully saturated rings. The molecule has 1 aliphatic rings. The Labute approximate surface area is 146 Å². The van der Waals surface area contributed by atoms with Crippen LogP contribution in [0.2, 0.25) is 0 Å². The Morgan fingerprint density at radius 3 is 2.72 bits per heavy atom. The molecule has 1 saturated heterocycles. The van der Waals surface area contributed by atoms with Gasteiger partial charge in [0.2, 0.25) is 0 Å². The van der Waals surface area contributed by atoms with Crippen molar-refractivity contribution in [3.05, 3.63) is 23.8 Å². The second kappa shape index (κ2) is 7.50. The Hall–Kier alpha value is -2.64. The molecule has 2 amide bonds. The lowest BCUT2D eigenvalue weighted by molar-refractivity contribution is 0.0860. The minimum Gasteiger partial charge on any atom is -0.450 e. The summed E-state index contributed by atoms with van der Waals surface area (Å²) in [6.07, 6.45) is 1.16. The van der Waals surface area contributed by atoms with E-state index < -0.39 is 0 Å². The summed E-state index contributed by atoms with van der Waals surface area (Å²) in [6.45, 7) is 6.08. The number of ether oxygens (including phenoxy) is 1. The fourth-order valence-corrected chi connectivity index (χ4v) is 3.04. The fourth-order valence-electron chi connectivity index (χ4n) is 3.04. The maximum absolute atomic E-state index is 12.5. The van der Waals surface area contributed by atoms with E-state index in [1.54, 1.807) is 28.6 Å². The van der Waals surface area contributed by atoms with E-state index in [0.29, 0.717) is 30.8 Å². The molecular weight excluding hydrogens is 322 g/mol. The highest BCUT2D eigenvalue weighted by atomic mass is 16.6. The smallest absolute Gasteiger partial charge is 0.409 e. The maximum Gasteiger partial charge on any atom is 0.409 e. The van der Waals surface area contributed by atoms with E-state index in [2.05, 4.69) is 15.6 Å². The van der Waals surface area contributed by atoms with Crippen molar-refractivity contribution in [2.24, 2.45) is 0 Å². The van der Waals surface area contributed by atoms with Gasteiger partial charge in [0.25, 0.3) is 5.91 Å². The van der Waals surface area contributed by atoms with Crippen LogP contribution in [0, 0.1) is 0 Å². The van der Waals surface area contributed by atoms with Gasteiger partial charge in [0.05, 0.1) is 12.1 Å². The highest BCUT2D eigenvalue weighted by molar-refractivity contribution is 5.97. The van der Waals surface area contributed by atoms with Crippen molar-refractivity contribution in [1.29, 1.82) is 0 Å². The quantitative estimate of drug-likeness (QED) is 0.913. The number of nitrogens with zero attached hydrogens (tertiary/aromatic N) is 4. The van der Waals surface area contributed by atoms with Crippen LogP contribution in [-0.4, -0.2) is 57.6 Å². The third-order valence-electron chi connectivity index (χ3n) is 4.43. The standard InChI is InChI=1S/C17H23N5O3/c1-3-22-15-6-5-12(11-14(15)19-20-22)16(23)18-13-7-9-21(10-8-13)17(24)25-4-2/h5-6,11,13H,3-4,7-10H2,1-2H3,(H,18,23). The molecule has 2 heterocycles. The maximum atomic E-state index is 12.5. The number of hydrogen-bond acceptors (Lipinski definition) is 5. The van der Waals surface area contributed by atoms with Crippen LogP contribution in [0.3, 0.4) is 0 Å². The van der Waals surface area contributed by atoms with E-state index in [9.17, 15) is 9.59 Å². The molecular formula is C17H23N5O3. The number of hydrogen-bond donors (Lipinski definition) is 1. The summed E-state index contributed by atoms with van der Waals surface area (Å²) in [7, 11) is 0. The van der Waals surface area contributed by atoms with Crippen LogP contribution in [0.1, 0.15) is 37.0 Å². The lowest BCUT2D eigenvalue weighted by Gasteiger charge is -2.31. The van der Waals surface area contributed by atoms with Gasteiger partial charge in [0.1, 0.15) is 5.52 Å². The Balaban J connectivity index is 1.59. The second-order valence-electron chi connectivity index (χ2n) is 6.04. The first-order chi connectivity index (χ1) is 12.1. The van der Waals surface area contributed by atoms with Crippen LogP contribution in [0.5, 0.6) is 0 Å². The molecule has 8 heteroatoms. The largest absolute Gasteiger partial charge is 0.450 e. The molecule has 1 N–H and O–H groups in total. The summed E-state index contributed by atoms with van der Waals surface area (Å²) in [5.74, 6) is -0.123. The van der Waals surface area contributed by atoms with Crippen molar-refractivity contribution in [2.75, 3.05) is 19.7 Å². The van der Waals surface area contributed by atoms with Crippen molar-refractivity contribution in [3.8, 4) is 0 Å². The van der Waals surface area contributed by atoms with Gasteiger partial charge >= 0.3 is 6.09 Å². The van der Waals surface area contributed by atoms with E-state index in [1.165, 1.54) is 0 Å². The molecule has 3 rings (SSSR count). The van der Waals surface area contributed by atoms with Crippen LogP contribution < -0.4 is 5.32 Å². The van der Waals surface area contributed by atoms with Gasteiger partial charge in [-0.1, -0.05) is 5.21 Å². The number of aryl methyl sites for hydroxylation is 1. The van der Waals surface area contributed by atoms with Gasteiger partial charge < -0.3 is 15.0 Å². The van der Waals surface area contributed by atoms with Crippen molar-refractivity contribution in [2.45, 2.75) is 39.3 Å². The molecule has 134 valence electrons. The number of carbonyl (C=O) groups is 2. The number of benzene rings is 1. The number of piperidine rings is 1. The summed E-state index contributed by atoms with van der Waals surface area (Å²) in [5, 5.41) is 11.2. The Bertz CT molecular complexity index is 765. The molecule has 0 unspecified atom stereocenters. The zero-order valence-electron chi connectivity index (χ0n) is 14.6. The van der Waals surface area contributed by atoms with Gasteiger partial charge in [-0.2, -0.15) is 0 Å². The minimum absolute atomic E-state index is 0.0557. The van der Waals surface area contributed by atoms with Gasteiger partial charge in [-0.25, -0.2) is 9.48 Å². The van der Waals surface area contributed by atoms with Gasteiger partial charge in [-0.05, 0) is 44.9 Å². The highest BCUT2D eigenvalue weighted by Gasteiger charge is 2.25. The predicted molar refractivity (Wildman–Crippen MR) is 92.3 cm³/mol. The Morgan fingerprint density at radius 1 is 1.28 bits per heavy atom. The van der Waals surface area contributed by atoms with Crippen LogP contribution in [0.4, 0.5) is 4.79 Å². The third kappa shape index (κ3) is 3.72. The molecule has 1 aromatic heterocycles. The number of rotatable bonds is 4. The monoisotopic (exact) mass is 345 g/mol. The SMILES string of the molecule is CCOC(=O)N1CCC(NC(=O)c2ccc3c(c2)nnn3CC)CC1. The molecule has 0 radical (unpaired) electrons. The van der Waals surface area contributed by atoms with E-state index in [1.807, 2.05) is 13.0 Å². The number of fused-ring (bicyclic) bond motifs is 1. The molecule has 1 aliphatic heterocycles. The zero-order chi connectivity index (χ0) is 17.8. The first-order valence-electron chi connectivity index (χ1n) is 8.68. The average molecular weight is 345 g/mol. The van der Waals surface area contributed by atoms with Crippen molar-refractivity contribution >= 4 is 23.0 Å². The van der Waals surface area contributed by atoms with E-state index in [-0.39, 0.29) is 18.0 Å². The topological polar surface area (TPSA) is 89.3 Å². The summed E-state index contributed by atoms with van der Waals surface area (Å²) < 4.78 is 6.80. The second-order valence-corrected chi connectivity index (χ2v) is 6.04. The van der Waals surface area contributed by atoms with Gasteiger partial charge in [0.15, 0.2) is 0 Å². The third-order valence-corrected chi connectivity index (χ3v) is 4.43.